The lowest BCUT2D eigenvalue weighted by Crippen LogP contribution is -2.43. The Morgan fingerprint density at radius 3 is 2.76 bits per heavy atom. The summed E-state index contributed by atoms with van der Waals surface area (Å²) < 4.78 is 37.4. The summed E-state index contributed by atoms with van der Waals surface area (Å²) in [6.45, 7) is 4.65. The number of carbonyl (C=O) groups excluding carboxylic acids is 1. The van der Waals surface area contributed by atoms with Crippen LogP contribution in [0.1, 0.15) is 58.2 Å². The lowest BCUT2D eigenvalue weighted by atomic mass is 9.57. The van der Waals surface area contributed by atoms with Gasteiger partial charge in [-0.1, -0.05) is 12.1 Å². The van der Waals surface area contributed by atoms with Crippen LogP contribution in [0.5, 0.6) is 0 Å². The van der Waals surface area contributed by atoms with Crippen molar-refractivity contribution in [2.45, 2.75) is 56.6 Å². The van der Waals surface area contributed by atoms with E-state index in [-0.39, 0.29) is 35.5 Å². The predicted octanol–water partition coefficient (Wildman–Crippen LogP) is 3.40. The minimum atomic E-state index is -3.08. The smallest absolute Gasteiger partial charge is 0.258 e. The highest BCUT2D eigenvalue weighted by atomic mass is 19.3. The number of alkyl halides is 2. The normalized spacial score (nSPS) is 24.7. The van der Waals surface area contributed by atoms with Crippen LogP contribution in [0.15, 0.2) is 42.7 Å². The van der Waals surface area contributed by atoms with Gasteiger partial charge in [-0.15, -0.1) is 22.5 Å². The van der Waals surface area contributed by atoms with Crippen LogP contribution in [0.3, 0.4) is 0 Å². The van der Waals surface area contributed by atoms with E-state index >= 15 is 0 Å². The molecule has 41 heavy (non-hydrogen) atoms. The first kappa shape index (κ1) is 27.6. The number of rotatable bonds is 7. The molecule has 10 heteroatoms. The number of nitrogens with zero attached hydrogens (tertiary/aromatic N) is 5. The molecule has 1 saturated carbocycles. The van der Waals surface area contributed by atoms with Gasteiger partial charge in [0, 0.05) is 61.2 Å². The van der Waals surface area contributed by atoms with E-state index in [1.54, 1.807) is 23.4 Å². The molecule has 0 N–H and O–H groups in total. The number of fused-ring (bicyclic) bond motifs is 1. The van der Waals surface area contributed by atoms with Gasteiger partial charge in [0.25, 0.3) is 5.91 Å². The zero-order chi connectivity index (χ0) is 28.9. The van der Waals surface area contributed by atoms with Crippen LogP contribution in [0.4, 0.5) is 14.5 Å². The molecule has 2 fully saturated rings. The minimum absolute atomic E-state index is 0.0760. The second kappa shape index (κ2) is 10.4. The van der Waals surface area contributed by atoms with Crippen molar-refractivity contribution in [1.82, 2.24) is 19.7 Å². The number of hydrogen-bond acceptors (Lipinski definition) is 5. The number of aromatic nitrogens is 3. The molecule has 1 saturated heterocycles. The van der Waals surface area contributed by atoms with Crippen molar-refractivity contribution in [3.8, 4) is 12.3 Å². The van der Waals surface area contributed by atoms with Gasteiger partial charge in [0.05, 0.1) is 19.3 Å². The molecule has 0 spiro atoms. The van der Waals surface area contributed by atoms with Crippen LogP contribution in [-0.4, -0.2) is 59.2 Å². The number of morpholine rings is 1. The fraction of sp³-hybridized carbons (Fsp3) is 0.452. The van der Waals surface area contributed by atoms with Gasteiger partial charge in [0.15, 0.2) is 7.85 Å². The third-order valence-corrected chi connectivity index (χ3v) is 8.89. The van der Waals surface area contributed by atoms with Crippen molar-refractivity contribution in [3.05, 3.63) is 76.4 Å². The van der Waals surface area contributed by atoms with E-state index < -0.39 is 5.82 Å². The first-order valence-electron chi connectivity index (χ1n) is 14.2. The molecule has 1 aliphatic carbocycles. The molecular formula is C31H34BF2N5O2. The van der Waals surface area contributed by atoms with Crippen LogP contribution in [0.2, 0.25) is 0 Å². The van der Waals surface area contributed by atoms with Crippen molar-refractivity contribution < 1.29 is 18.3 Å². The van der Waals surface area contributed by atoms with Gasteiger partial charge in [-0.25, -0.2) is 8.78 Å². The van der Waals surface area contributed by atoms with Crippen LogP contribution in [-0.2, 0) is 42.5 Å². The Bertz CT molecular complexity index is 1520. The third-order valence-electron chi connectivity index (χ3n) is 8.89. The summed E-state index contributed by atoms with van der Waals surface area (Å²) in [5, 5.41) is 8.34. The number of ether oxygens (including phenoxy) is 1. The van der Waals surface area contributed by atoms with Crippen LogP contribution in [0.25, 0.3) is 0 Å². The summed E-state index contributed by atoms with van der Waals surface area (Å²) >= 11 is 0. The van der Waals surface area contributed by atoms with E-state index in [9.17, 15) is 13.6 Å². The highest BCUT2D eigenvalue weighted by molar-refractivity contribution is 6.15. The molecule has 1 atom stereocenters. The Kier molecular flexibility index (Phi) is 6.99. The van der Waals surface area contributed by atoms with Gasteiger partial charge in [-0.3, -0.25) is 9.69 Å². The molecule has 212 valence electrons. The van der Waals surface area contributed by atoms with Crippen molar-refractivity contribution in [2.24, 2.45) is 13.0 Å². The van der Waals surface area contributed by atoms with Crippen molar-refractivity contribution >= 4 is 19.4 Å². The lowest BCUT2D eigenvalue weighted by Gasteiger charge is -2.46. The third kappa shape index (κ3) is 5.17. The maximum Gasteiger partial charge on any atom is 0.258 e. The van der Waals surface area contributed by atoms with Crippen molar-refractivity contribution in [2.75, 3.05) is 24.6 Å². The number of carbonyl (C=O) groups is 1. The molecule has 3 aromatic rings. The molecule has 7 nitrogen and oxygen atoms in total. The van der Waals surface area contributed by atoms with Crippen LogP contribution in [0, 0.1) is 18.3 Å². The molecule has 0 unspecified atom stereocenters. The highest BCUT2D eigenvalue weighted by Gasteiger charge is 2.46. The van der Waals surface area contributed by atoms with Crippen molar-refractivity contribution in [3.63, 3.8) is 0 Å². The molecule has 1 aromatic heterocycles. The average Bonchev–Trinajstić information content (AvgIpc) is 3.47. The van der Waals surface area contributed by atoms with Gasteiger partial charge >= 0.3 is 0 Å². The highest BCUT2D eigenvalue weighted by Crippen LogP contribution is 2.50. The van der Waals surface area contributed by atoms with E-state index in [2.05, 4.69) is 27.1 Å². The number of halogens is 2. The summed E-state index contributed by atoms with van der Waals surface area (Å²) in [6, 6.07) is 11.3. The standard InChI is InChI=1S/C31H34BF2N5O2/c1-4-21-13-30(14-21,15-28-36-35-19-37(28)3)23-6-5-7-24(12-23)39-18-26-25(29(39)40)10-22(11-27(26)31(32,33)34)17-38-8-9-41-20(2)16-38/h1,5-7,10-12,19-21H,8-9,13-18,32H2,2-3H3/t20-,21?,30?/m0/s1. The fourth-order valence-corrected chi connectivity index (χ4v) is 6.71. The summed E-state index contributed by atoms with van der Waals surface area (Å²) in [6.07, 6.45) is 9.82. The van der Waals surface area contributed by atoms with E-state index in [4.69, 9.17) is 11.2 Å². The first-order chi connectivity index (χ1) is 19.6. The van der Waals surface area contributed by atoms with Gasteiger partial charge in [0.2, 0.25) is 5.82 Å². The Labute approximate surface area is 240 Å². The second-order valence-electron chi connectivity index (χ2n) is 12.0. The number of benzene rings is 2. The van der Waals surface area contributed by atoms with Gasteiger partial charge < -0.3 is 14.2 Å². The zero-order valence-corrected chi connectivity index (χ0v) is 23.7. The largest absolute Gasteiger partial charge is 0.376 e. The molecule has 2 aliphatic heterocycles. The molecule has 0 bridgehead atoms. The maximum atomic E-state index is 15.0. The second-order valence-corrected chi connectivity index (χ2v) is 12.0. The number of aryl methyl sites for hydroxylation is 1. The Balaban J connectivity index is 1.32. The Hall–Kier alpha value is -3.55. The summed E-state index contributed by atoms with van der Waals surface area (Å²) in [4.78, 5) is 17.6. The van der Waals surface area contributed by atoms with Crippen LogP contribution >= 0.6 is 0 Å². The van der Waals surface area contributed by atoms with E-state index in [0.29, 0.717) is 36.4 Å². The molecule has 1 amide bonds. The summed E-state index contributed by atoms with van der Waals surface area (Å²) in [5.41, 5.74) is 2.93. The average molecular weight is 557 g/mol. The minimum Gasteiger partial charge on any atom is -0.376 e. The summed E-state index contributed by atoms with van der Waals surface area (Å²) in [5.74, 6) is 0.589. The van der Waals surface area contributed by atoms with Gasteiger partial charge in [-0.05, 0) is 60.7 Å². The Morgan fingerprint density at radius 1 is 1.27 bits per heavy atom. The van der Waals surface area contributed by atoms with Crippen LogP contribution < -0.4 is 4.90 Å². The molecule has 0 radical (unpaired) electrons. The van der Waals surface area contributed by atoms with E-state index in [1.165, 1.54) is 0 Å². The number of terminal acetylenes is 1. The molecule has 3 aliphatic rings. The summed E-state index contributed by atoms with van der Waals surface area (Å²) in [7, 11) is 2.83. The van der Waals surface area contributed by atoms with Gasteiger partial charge in [0.1, 0.15) is 12.2 Å². The van der Waals surface area contributed by atoms with Crippen molar-refractivity contribution in [1.29, 1.82) is 0 Å². The fourth-order valence-electron chi connectivity index (χ4n) is 6.71. The predicted molar refractivity (Wildman–Crippen MR) is 154 cm³/mol. The number of hydrogen-bond donors (Lipinski definition) is 0. The first-order valence-corrected chi connectivity index (χ1v) is 14.2. The zero-order valence-electron chi connectivity index (χ0n) is 23.7. The molecule has 2 aromatic carbocycles. The monoisotopic (exact) mass is 557 g/mol. The number of anilines is 1. The van der Waals surface area contributed by atoms with E-state index in [1.807, 2.05) is 36.7 Å². The van der Waals surface area contributed by atoms with E-state index in [0.717, 1.165) is 50.7 Å². The SMILES string of the molecule is BC(F)(F)c1cc(CN2CCO[C@@H](C)C2)cc2c1CN(c1cccc(C3(Cc4nncn4C)CC(C#C)C3)c1)C2=O. The molecular weight excluding hydrogens is 523 g/mol. The quantitative estimate of drug-likeness (QED) is 0.329. The van der Waals surface area contributed by atoms with Gasteiger partial charge in [-0.2, -0.15) is 0 Å². The maximum absolute atomic E-state index is 15.0. The topological polar surface area (TPSA) is 63.5 Å². The molecule has 6 rings (SSSR count). The Morgan fingerprint density at radius 2 is 2.07 bits per heavy atom. The lowest BCUT2D eigenvalue weighted by molar-refractivity contribution is -0.0212. The molecule has 3 heterocycles. The number of amides is 1.